The molecule has 1 N–H and O–H groups in total. The van der Waals surface area contributed by atoms with Gasteiger partial charge in [-0.2, -0.15) is 5.10 Å². The maximum Gasteiger partial charge on any atom is 0.270 e. The Morgan fingerprint density at radius 3 is 2.65 bits per heavy atom. The van der Waals surface area contributed by atoms with E-state index in [1.54, 1.807) is 28.9 Å². The van der Waals surface area contributed by atoms with Crippen molar-refractivity contribution < 1.29 is 9.21 Å². The topological polar surface area (TPSA) is 60.1 Å². The lowest BCUT2D eigenvalue weighted by Crippen LogP contribution is -2.26. The van der Waals surface area contributed by atoms with Crippen LogP contribution in [0.1, 0.15) is 36.0 Å². The molecule has 0 fully saturated rings. The Kier molecular flexibility index (Phi) is 5.69. The minimum absolute atomic E-state index is 0.202. The highest BCUT2D eigenvalue weighted by atomic mass is 35.5. The van der Waals surface area contributed by atoms with Gasteiger partial charge in [0.15, 0.2) is 5.76 Å². The number of furan rings is 1. The molecule has 5 nitrogen and oxygen atoms in total. The van der Waals surface area contributed by atoms with Gasteiger partial charge in [-0.3, -0.25) is 4.79 Å². The predicted molar refractivity (Wildman–Crippen MR) is 103 cm³/mol. The third-order valence-electron chi connectivity index (χ3n) is 3.90. The zero-order valence-electron chi connectivity index (χ0n) is 14.6. The zero-order chi connectivity index (χ0) is 18.7. The largest absolute Gasteiger partial charge is 0.460 e. The molecule has 0 aliphatic rings. The third kappa shape index (κ3) is 3.94. The number of aromatic nitrogens is 2. The molecular formula is C19H19Cl2N3O2. The van der Waals surface area contributed by atoms with Gasteiger partial charge in [0.1, 0.15) is 17.1 Å². The van der Waals surface area contributed by atoms with Crippen LogP contribution in [-0.2, 0) is 0 Å². The molecule has 0 bridgehead atoms. The molecule has 3 rings (SSSR count). The van der Waals surface area contributed by atoms with Gasteiger partial charge in [-0.25, -0.2) is 4.68 Å². The van der Waals surface area contributed by atoms with Crippen LogP contribution in [0.2, 0.25) is 10.0 Å². The first-order chi connectivity index (χ1) is 12.5. The molecule has 0 spiro atoms. The molecule has 136 valence electrons. The van der Waals surface area contributed by atoms with E-state index in [1.165, 1.54) is 0 Å². The van der Waals surface area contributed by atoms with Gasteiger partial charge in [0.25, 0.3) is 5.91 Å². The summed E-state index contributed by atoms with van der Waals surface area (Å²) in [7, 11) is 0. The number of aryl methyl sites for hydroxylation is 1. The van der Waals surface area contributed by atoms with E-state index in [2.05, 4.69) is 17.3 Å². The van der Waals surface area contributed by atoms with Crippen LogP contribution in [0.25, 0.3) is 17.1 Å². The molecule has 1 amide bonds. The van der Waals surface area contributed by atoms with Crippen molar-refractivity contribution in [2.24, 2.45) is 0 Å². The summed E-state index contributed by atoms with van der Waals surface area (Å²) in [5.41, 5.74) is 1.63. The highest BCUT2D eigenvalue weighted by molar-refractivity contribution is 6.42. The van der Waals surface area contributed by atoms with Crippen LogP contribution in [0.5, 0.6) is 0 Å². The minimum Gasteiger partial charge on any atom is -0.460 e. The Bertz CT molecular complexity index is 931. The van der Waals surface area contributed by atoms with Crippen molar-refractivity contribution in [1.82, 2.24) is 15.1 Å². The average molecular weight is 392 g/mol. The van der Waals surface area contributed by atoms with Crippen molar-refractivity contribution >= 4 is 29.1 Å². The molecule has 3 aromatic rings. The summed E-state index contributed by atoms with van der Waals surface area (Å²) in [5, 5.41) is 8.30. The SMILES string of the molecule is CCCCNC(=O)c1cc(-c2ccc(C)o2)nn1-c1ccc(Cl)c(Cl)c1. The fraction of sp³-hybridized carbons (Fsp3) is 0.263. The number of carbonyl (C=O) groups is 1. The molecule has 1 aromatic carbocycles. The first kappa shape index (κ1) is 18.5. The van der Waals surface area contributed by atoms with Gasteiger partial charge in [-0.1, -0.05) is 36.5 Å². The van der Waals surface area contributed by atoms with Gasteiger partial charge in [0, 0.05) is 12.6 Å². The van der Waals surface area contributed by atoms with Gasteiger partial charge >= 0.3 is 0 Å². The number of amides is 1. The second kappa shape index (κ2) is 7.98. The van der Waals surface area contributed by atoms with Crippen LogP contribution in [-0.4, -0.2) is 22.2 Å². The van der Waals surface area contributed by atoms with Gasteiger partial charge < -0.3 is 9.73 Å². The van der Waals surface area contributed by atoms with E-state index < -0.39 is 0 Å². The van der Waals surface area contributed by atoms with Gasteiger partial charge in [-0.05, 0) is 43.7 Å². The van der Waals surface area contributed by atoms with Crippen LogP contribution in [0.15, 0.2) is 40.8 Å². The molecule has 0 saturated carbocycles. The minimum atomic E-state index is -0.202. The number of halogens is 2. The monoisotopic (exact) mass is 391 g/mol. The van der Waals surface area contributed by atoms with E-state index >= 15 is 0 Å². The summed E-state index contributed by atoms with van der Waals surface area (Å²) in [5.74, 6) is 1.17. The molecule has 0 aliphatic heterocycles. The van der Waals surface area contributed by atoms with Crippen molar-refractivity contribution in [2.45, 2.75) is 26.7 Å². The summed E-state index contributed by atoms with van der Waals surface area (Å²) in [4.78, 5) is 12.7. The van der Waals surface area contributed by atoms with E-state index in [9.17, 15) is 4.79 Å². The Morgan fingerprint density at radius 1 is 1.19 bits per heavy atom. The molecular weight excluding hydrogens is 373 g/mol. The molecule has 0 aliphatic carbocycles. The van der Waals surface area contributed by atoms with Crippen LogP contribution >= 0.6 is 23.2 Å². The van der Waals surface area contributed by atoms with Crippen molar-refractivity contribution in [3.05, 3.63) is 57.9 Å². The maximum absolute atomic E-state index is 12.7. The summed E-state index contributed by atoms with van der Waals surface area (Å²) < 4.78 is 7.19. The second-order valence-corrected chi connectivity index (χ2v) is 6.76. The van der Waals surface area contributed by atoms with Crippen molar-refractivity contribution in [2.75, 3.05) is 6.54 Å². The van der Waals surface area contributed by atoms with Crippen LogP contribution < -0.4 is 5.32 Å². The van der Waals surface area contributed by atoms with E-state index in [-0.39, 0.29) is 5.91 Å². The lowest BCUT2D eigenvalue weighted by Gasteiger charge is -2.09. The molecule has 2 aromatic heterocycles. The maximum atomic E-state index is 12.7. The number of hydrogen-bond donors (Lipinski definition) is 1. The number of unbranched alkanes of at least 4 members (excludes halogenated alkanes) is 1. The number of hydrogen-bond acceptors (Lipinski definition) is 3. The van der Waals surface area contributed by atoms with Crippen molar-refractivity contribution in [3.63, 3.8) is 0 Å². The second-order valence-electron chi connectivity index (χ2n) is 5.94. The summed E-state index contributed by atoms with van der Waals surface area (Å²) in [6, 6.07) is 10.5. The van der Waals surface area contributed by atoms with Gasteiger partial charge in [-0.15, -0.1) is 0 Å². The van der Waals surface area contributed by atoms with E-state index in [0.29, 0.717) is 39.4 Å². The standard InChI is InChI=1S/C19H19Cl2N3O2/c1-3-4-9-22-19(25)17-11-16(18-8-5-12(2)26-18)23-24(17)13-6-7-14(20)15(21)10-13/h5-8,10-11H,3-4,9H2,1-2H3,(H,22,25). The van der Waals surface area contributed by atoms with Crippen LogP contribution in [0, 0.1) is 6.92 Å². The normalized spacial score (nSPS) is 10.9. The Labute approximate surface area is 161 Å². The highest BCUT2D eigenvalue weighted by Crippen LogP contribution is 2.27. The molecule has 7 heteroatoms. The highest BCUT2D eigenvalue weighted by Gasteiger charge is 2.19. The fourth-order valence-corrected chi connectivity index (χ4v) is 2.81. The molecule has 0 unspecified atom stereocenters. The number of rotatable bonds is 6. The Hall–Kier alpha value is -2.24. The lowest BCUT2D eigenvalue weighted by molar-refractivity contribution is 0.0945. The average Bonchev–Trinajstić information content (AvgIpc) is 3.24. The van der Waals surface area contributed by atoms with Crippen molar-refractivity contribution in [1.29, 1.82) is 0 Å². The number of carbonyl (C=O) groups excluding carboxylic acids is 1. The summed E-state index contributed by atoms with van der Waals surface area (Å²) in [6.45, 7) is 4.54. The third-order valence-corrected chi connectivity index (χ3v) is 4.64. The van der Waals surface area contributed by atoms with Crippen LogP contribution in [0.4, 0.5) is 0 Å². The van der Waals surface area contributed by atoms with Crippen LogP contribution in [0.3, 0.4) is 0 Å². The lowest BCUT2D eigenvalue weighted by atomic mass is 10.2. The van der Waals surface area contributed by atoms with Crippen molar-refractivity contribution in [3.8, 4) is 17.1 Å². The summed E-state index contributed by atoms with van der Waals surface area (Å²) in [6.07, 6.45) is 1.92. The molecule has 0 radical (unpaired) electrons. The number of nitrogens with zero attached hydrogens (tertiary/aromatic N) is 2. The number of nitrogens with one attached hydrogen (secondary N) is 1. The quantitative estimate of drug-likeness (QED) is 0.581. The molecule has 0 saturated heterocycles. The fourth-order valence-electron chi connectivity index (χ4n) is 2.52. The summed E-state index contributed by atoms with van der Waals surface area (Å²) >= 11 is 12.1. The van der Waals surface area contributed by atoms with Gasteiger partial charge in [0.05, 0.1) is 15.7 Å². The predicted octanol–water partition coefficient (Wildman–Crippen LogP) is 5.28. The Morgan fingerprint density at radius 2 is 2.00 bits per heavy atom. The first-order valence-corrected chi connectivity index (χ1v) is 9.15. The Balaban J connectivity index is 2.03. The van der Waals surface area contributed by atoms with E-state index in [4.69, 9.17) is 27.6 Å². The first-order valence-electron chi connectivity index (χ1n) is 8.40. The number of benzene rings is 1. The van der Waals surface area contributed by atoms with E-state index in [0.717, 1.165) is 18.6 Å². The molecule has 26 heavy (non-hydrogen) atoms. The molecule has 2 heterocycles. The van der Waals surface area contributed by atoms with Gasteiger partial charge in [0.2, 0.25) is 0 Å². The van der Waals surface area contributed by atoms with E-state index in [1.807, 2.05) is 19.1 Å². The smallest absolute Gasteiger partial charge is 0.270 e. The molecule has 0 atom stereocenters. The zero-order valence-corrected chi connectivity index (χ0v) is 16.1.